The molecule has 0 radical (unpaired) electrons. The summed E-state index contributed by atoms with van der Waals surface area (Å²) < 4.78 is 7.11. The summed E-state index contributed by atoms with van der Waals surface area (Å²) in [6.45, 7) is 2.98. The Labute approximate surface area is 100 Å². The van der Waals surface area contributed by atoms with Crippen LogP contribution < -0.4 is 10.1 Å². The van der Waals surface area contributed by atoms with Crippen LogP contribution >= 0.6 is 0 Å². The van der Waals surface area contributed by atoms with Crippen molar-refractivity contribution in [3.8, 4) is 5.88 Å². The van der Waals surface area contributed by atoms with Gasteiger partial charge in [-0.3, -0.25) is 0 Å². The molecule has 0 saturated heterocycles. The van der Waals surface area contributed by atoms with Gasteiger partial charge in [0.2, 0.25) is 5.88 Å². The molecule has 1 atom stereocenters. The molecule has 17 heavy (non-hydrogen) atoms. The van der Waals surface area contributed by atoms with Crippen molar-refractivity contribution in [1.82, 2.24) is 14.5 Å². The highest BCUT2D eigenvalue weighted by Gasteiger charge is 2.03. The first-order valence-electron chi connectivity index (χ1n) is 5.50. The standard InChI is InChI=1S/C12H16N4O/c1-10(8-16-6-5-13-9-16)15-11-3-4-14-12(7-11)17-2/h3-7,9-10H,8H2,1-2H3,(H,14,15). The van der Waals surface area contributed by atoms with Crippen molar-refractivity contribution in [3.05, 3.63) is 37.1 Å². The zero-order chi connectivity index (χ0) is 12.1. The lowest BCUT2D eigenvalue weighted by Gasteiger charge is -2.15. The van der Waals surface area contributed by atoms with E-state index in [-0.39, 0.29) is 0 Å². The molecule has 2 heterocycles. The second-order valence-corrected chi connectivity index (χ2v) is 3.89. The summed E-state index contributed by atoms with van der Waals surface area (Å²) >= 11 is 0. The highest BCUT2D eigenvalue weighted by atomic mass is 16.5. The highest BCUT2D eigenvalue weighted by Crippen LogP contribution is 2.14. The topological polar surface area (TPSA) is 52.0 Å². The molecule has 2 aromatic rings. The van der Waals surface area contributed by atoms with Gasteiger partial charge in [0.1, 0.15) is 0 Å². The molecule has 0 aliphatic heterocycles. The number of imidazole rings is 1. The maximum atomic E-state index is 5.08. The van der Waals surface area contributed by atoms with Gasteiger partial charge in [-0.25, -0.2) is 9.97 Å². The Morgan fingerprint density at radius 3 is 3.06 bits per heavy atom. The molecule has 0 saturated carbocycles. The van der Waals surface area contributed by atoms with E-state index in [0.29, 0.717) is 11.9 Å². The monoisotopic (exact) mass is 232 g/mol. The predicted octanol–water partition coefficient (Wildman–Crippen LogP) is 1.79. The molecule has 0 aromatic carbocycles. The molecule has 0 spiro atoms. The fraction of sp³-hybridized carbons (Fsp3) is 0.333. The van der Waals surface area contributed by atoms with Gasteiger partial charge in [0.15, 0.2) is 0 Å². The van der Waals surface area contributed by atoms with Crippen LogP contribution in [0.5, 0.6) is 5.88 Å². The molecule has 2 rings (SSSR count). The average molecular weight is 232 g/mol. The summed E-state index contributed by atoms with van der Waals surface area (Å²) in [6.07, 6.45) is 7.27. The van der Waals surface area contributed by atoms with Gasteiger partial charge < -0.3 is 14.6 Å². The Morgan fingerprint density at radius 2 is 2.35 bits per heavy atom. The summed E-state index contributed by atoms with van der Waals surface area (Å²) in [5, 5.41) is 3.39. The van der Waals surface area contributed by atoms with E-state index in [4.69, 9.17) is 4.74 Å². The summed E-state index contributed by atoms with van der Waals surface area (Å²) in [7, 11) is 1.61. The van der Waals surface area contributed by atoms with Gasteiger partial charge in [0.05, 0.1) is 13.4 Å². The van der Waals surface area contributed by atoms with Crippen molar-refractivity contribution in [2.45, 2.75) is 19.5 Å². The zero-order valence-electron chi connectivity index (χ0n) is 10.00. The Kier molecular flexibility index (Phi) is 3.59. The number of rotatable bonds is 5. The lowest BCUT2D eigenvalue weighted by molar-refractivity contribution is 0.398. The van der Waals surface area contributed by atoms with Crippen molar-refractivity contribution in [3.63, 3.8) is 0 Å². The molecule has 1 N–H and O–H groups in total. The summed E-state index contributed by atoms with van der Waals surface area (Å²) in [6, 6.07) is 4.11. The lowest BCUT2D eigenvalue weighted by Crippen LogP contribution is -2.21. The van der Waals surface area contributed by atoms with Gasteiger partial charge in [0.25, 0.3) is 0 Å². The van der Waals surface area contributed by atoms with E-state index in [1.54, 1.807) is 19.5 Å². The van der Waals surface area contributed by atoms with Gasteiger partial charge in [0, 0.05) is 42.9 Å². The first-order chi connectivity index (χ1) is 8.28. The number of hydrogen-bond donors (Lipinski definition) is 1. The minimum Gasteiger partial charge on any atom is -0.481 e. The summed E-state index contributed by atoms with van der Waals surface area (Å²) in [4.78, 5) is 8.08. The smallest absolute Gasteiger partial charge is 0.214 e. The van der Waals surface area contributed by atoms with Crippen LogP contribution in [-0.2, 0) is 6.54 Å². The van der Waals surface area contributed by atoms with Crippen molar-refractivity contribution in [2.75, 3.05) is 12.4 Å². The summed E-state index contributed by atoms with van der Waals surface area (Å²) in [5.41, 5.74) is 1.00. The molecule has 5 nitrogen and oxygen atoms in total. The van der Waals surface area contributed by atoms with Crippen molar-refractivity contribution >= 4 is 5.69 Å². The minimum absolute atomic E-state index is 0.302. The maximum Gasteiger partial charge on any atom is 0.214 e. The average Bonchev–Trinajstić information content (AvgIpc) is 2.82. The van der Waals surface area contributed by atoms with Gasteiger partial charge in [-0.1, -0.05) is 0 Å². The van der Waals surface area contributed by atoms with Gasteiger partial charge in [-0.05, 0) is 13.0 Å². The minimum atomic E-state index is 0.302. The lowest BCUT2D eigenvalue weighted by atomic mass is 10.3. The largest absolute Gasteiger partial charge is 0.481 e. The number of nitrogens with one attached hydrogen (secondary N) is 1. The quantitative estimate of drug-likeness (QED) is 0.853. The summed E-state index contributed by atoms with van der Waals surface area (Å²) in [5.74, 6) is 0.616. The Morgan fingerprint density at radius 1 is 1.47 bits per heavy atom. The van der Waals surface area contributed by atoms with E-state index in [1.165, 1.54) is 0 Å². The SMILES string of the molecule is COc1cc(NC(C)Cn2ccnc2)ccn1. The van der Waals surface area contributed by atoms with Crippen molar-refractivity contribution < 1.29 is 4.74 Å². The van der Waals surface area contributed by atoms with E-state index < -0.39 is 0 Å². The third kappa shape index (κ3) is 3.21. The second-order valence-electron chi connectivity index (χ2n) is 3.89. The number of aromatic nitrogens is 3. The normalized spacial score (nSPS) is 12.1. The van der Waals surface area contributed by atoms with Crippen molar-refractivity contribution in [2.24, 2.45) is 0 Å². The van der Waals surface area contributed by atoms with Gasteiger partial charge >= 0.3 is 0 Å². The van der Waals surface area contributed by atoms with Gasteiger partial charge in [-0.15, -0.1) is 0 Å². The maximum absolute atomic E-state index is 5.08. The Hall–Kier alpha value is -2.04. The molecule has 2 aromatic heterocycles. The fourth-order valence-electron chi connectivity index (χ4n) is 1.65. The molecule has 0 fully saturated rings. The van der Waals surface area contributed by atoms with E-state index >= 15 is 0 Å². The van der Waals surface area contributed by atoms with E-state index in [0.717, 1.165) is 12.2 Å². The predicted molar refractivity (Wildman–Crippen MR) is 66.1 cm³/mol. The van der Waals surface area contributed by atoms with Crippen LogP contribution in [0.15, 0.2) is 37.1 Å². The number of anilines is 1. The molecule has 0 amide bonds. The number of hydrogen-bond acceptors (Lipinski definition) is 4. The zero-order valence-corrected chi connectivity index (χ0v) is 10.00. The molecule has 5 heteroatoms. The number of methoxy groups -OCH3 is 1. The number of ether oxygens (including phenoxy) is 1. The van der Waals surface area contributed by atoms with Crippen LogP contribution in [0.2, 0.25) is 0 Å². The molecule has 0 aliphatic carbocycles. The van der Waals surface area contributed by atoms with Gasteiger partial charge in [-0.2, -0.15) is 0 Å². The van der Waals surface area contributed by atoms with Crippen molar-refractivity contribution in [1.29, 1.82) is 0 Å². The molecule has 90 valence electrons. The van der Waals surface area contributed by atoms with E-state index in [9.17, 15) is 0 Å². The van der Waals surface area contributed by atoms with Crippen LogP contribution in [0.3, 0.4) is 0 Å². The first kappa shape index (κ1) is 11.4. The fourth-order valence-corrected chi connectivity index (χ4v) is 1.65. The molecule has 0 aliphatic rings. The third-order valence-electron chi connectivity index (χ3n) is 2.40. The molecular formula is C12H16N4O. The van der Waals surface area contributed by atoms with Crippen LogP contribution in [-0.4, -0.2) is 27.7 Å². The highest BCUT2D eigenvalue weighted by molar-refractivity contribution is 5.45. The second kappa shape index (κ2) is 5.34. The number of pyridine rings is 1. The van der Waals surface area contributed by atoms with Crippen LogP contribution in [0.4, 0.5) is 5.69 Å². The van der Waals surface area contributed by atoms with Crippen LogP contribution in [0.1, 0.15) is 6.92 Å². The number of nitrogens with zero attached hydrogens (tertiary/aromatic N) is 3. The van der Waals surface area contributed by atoms with Crippen LogP contribution in [0, 0.1) is 0 Å². The van der Waals surface area contributed by atoms with E-state index in [2.05, 4.69) is 22.2 Å². The molecule has 1 unspecified atom stereocenters. The Bertz CT molecular complexity index is 455. The molecule has 0 bridgehead atoms. The molecular weight excluding hydrogens is 216 g/mol. The van der Waals surface area contributed by atoms with Crippen LogP contribution in [0.25, 0.3) is 0 Å². The Balaban J connectivity index is 1.95. The third-order valence-corrected chi connectivity index (χ3v) is 2.40. The van der Waals surface area contributed by atoms with E-state index in [1.807, 2.05) is 29.2 Å². The first-order valence-corrected chi connectivity index (χ1v) is 5.50.